The van der Waals surface area contributed by atoms with Crippen molar-refractivity contribution in [2.75, 3.05) is 13.2 Å². The molecule has 3 unspecified atom stereocenters. The Hall–Kier alpha value is -0.610. The topological polar surface area (TPSA) is 50.4 Å². The van der Waals surface area contributed by atoms with E-state index in [1.807, 2.05) is 0 Å². The first-order valence-electron chi connectivity index (χ1n) is 7.94. The van der Waals surface area contributed by atoms with Crippen molar-refractivity contribution in [2.45, 2.75) is 69.6 Å². The van der Waals surface area contributed by atoms with Gasteiger partial charge in [-0.3, -0.25) is 4.79 Å². The SMILES string of the molecule is O=C(CC1CC2CCC(C1)N2)NCC1CCCCO1. The van der Waals surface area contributed by atoms with E-state index in [2.05, 4.69) is 10.6 Å². The van der Waals surface area contributed by atoms with E-state index in [1.54, 1.807) is 0 Å². The lowest BCUT2D eigenvalue weighted by Crippen LogP contribution is -2.41. The van der Waals surface area contributed by atoms with Gasteiger partial charge in [0, 0.05) is 31.7 Å². The zero-order valence-corrected chi connectivity index (χ0v) is 11.7. The number of carbonyl (C=O) groups excluding carboxylic acids is 1. The number of carbonyl (C=O) groups is 1. The second-order valence-electron chi connectivity index (χ2n) is 6.47. The third-order valence-electron chi connectivity index (χ3n) is 4.85. The quantitative estimate of drug-likeness (QED) is 0.812. The molecule has 3 aliphatic rings. The Balaban J connectivity index is 1.36. The van der Waals surface area contributed by atoms with E-state index in [-0.39, 0.29) is 12.0 Å². The fourth-order valence-electron chi connectivity index (χ4n) is 3.87. The number of piperidine rings is 1. The van der Waals surface area contributed by atoms with Crippen LogP contribution >= 0.6 is 0 Å². The molecule has 19 heavy (non-hydrogen) atoms. The summed E-state index contributed by atoms with van der Waals surface area (Å²) >= 11 is 0. The van der Waals surface area contributed by atoms with Crippen LogP contribution in [-0.2, 0) is 9.53 Å². The first kappa shape index (κ1) is 13.4. The molecule has 0 aromatic heterocycles. The Labute approximate surface area is 115 Å². The number of nitrogens with one attached hydrogen (secondary N) is 2. The van der Waals surface area contributed by atoms with E-state index in [9.17, 15) is 4.79 Å². The Morgan fingerprint density at radius 3 is 2.63 bits per heavy atom. The van der Waals surface area contributed by atoms with E-state index >= 15 is 0 Å². The molecular weight excluding hydrogens is 240 g/mol. The highest BCUT2D eigenvalue weighted by molar-refractivity contribution is 5.76. The number of rotatable bonds is 4. The molecular formula is C15H26N2O2. The molecule has 4 nitrogen and oxygen atoms in total. The minimum Gasteiger partial charge on any atom is -0.376 e. The first-order chi connectivity index (χ1) is 9.29. The smallest absolute Gasteiger partial charge is 0.220 e. The molecule has 0 aromatic carbocycles. The van der Waals surface area contributed by atoms with Gasteiger partial charge in [-0.15, -0.1) is 0 Å². The predicted octanol–water partition coefficient (Wildman–Crippen LogP) is 1.59. The van der Waals surface area contributed by atoms with E-state index in [0.29, 0.717) is 31.0 Å². The Morgan fingerprint density at radius 2 is 1.95 bits per heavy atom. The molecule has 0 aliphatic carbocycles. The van der Waals surface area contributed by atoms with Crippen LogP contribution in [0.15, 0.2) is 0 Å². The summed E-state index contributed by atoms with van der Waals surface area (Å²) in [6.45, 7) is 1.56. The van der Waals surface area contributed by atoms with Crippen molar-refractivity contribution in [1.82, 2.24) is 10.6 Å². The van der Waals surface area contributed by atoms with Gasteiger partial charge in [-0.25, -0.2) is 0 Å². The fourth-order valence-corrected chi connectivity index (χ4v) is 3.87. The van der Waals surface area contributed by atoms with Crippen LogP contribution in [0.5, 0.6) is 0 Å². The molecule has 4 heteroatoms. The summed E-state index contributed by atoms with van der Waals surface area (Å²) in [5.74, 6) is 0.812. The van der Waals surface area contributed by atoms with Crippen LogP contribution in [0.25, 0.3) is 0 Å². The summed E-state index contributed by atoms with van der Waals surface area (Å²) < 4.78 is 5.64. The number of fused-ring (bicyclic) bond motifs is 2. The highest BCUT2D eigenvalue weighted by atomic mass is 16.5. The Morgan fingerprint density at radius 1 is 1.16 bits per heavy atom. The predicted molar refractivity (Wildman–Crippen MR) is 73.9 cm³/mol. The van der Waals surface area contributed by atoms with Gasteiger partial charge in [0.15, 0.2) is 0 Å². The molecule has 3 aliphatic heterocycles. The summed E-state index contributed by atoms with van der Waals surface area (Å²) in [6, 6.07) is 1.36. The van der Waals surface area contributed by atoms with Crippen molar-refractivity contribution < 1.29 is 9.53 Å². The second kappa shape index (κ2) is 6.23. The van der Waals surface area contributed by atoms with E-state index in [4.69, 9.17) is 4.74 Å². The van der Waals surface area contributed by atoms with Crippen LogP contribution in [0.3, 0.4) is 0 Å². The second-order valence-corrected chi connectivity index (χ2v) is 6.47. The van der Waals surface area contributed by atoms with Crippen molar-refractivity contribution in [2.24, 2.45) is 5.92 Å². The third-order valence-corrected chi connectivity index (χ3v) is 4.85. The van der Waals surface area contributed by atoms with E-state index < -0.39 is 0 Å². The summed E-state index contributed by atoms with van der Waals surface area (Å²) in [4.78, 5) is 12.0. The minimum atomic E-state index is 0.223. The molecule has 0 saturated carbocycles. The van der Waals surface area contributed by atoms with Gasteiger partial charge < -0.3 is 15.4 Å². The van der Waals surface area contributed by atoms with Crippen molar-refractivity contribution in [3.8, 4) is 0 Å². The molecule has 3 heterocycles. The molecule has 2 N–H and O–H groups in total. The van der Waals surface area contributed by atoms with Crippen LogP contribution in [-0.4, -0.2) is 37.2 Å². The molecule has 3 rings (SSSR count). The molecule has 3 fully saturated rings. The molecule has 3 atom stereocenters. The summed E-state index contributed by atoms with van der Waals surface area (Å²) in [5, 5.41) is 6.69. The minimum absolute atomic E-state index is 0.223. The molecule has 0 radical (unpaired) electrons. The van der Waals surface area contributed by atoms with Crippen molar-refractivity contribution in [3.05, 3.63) is 0 Å². The standard InChI is InChI=1S/C15H26N2O2/c18-15(16-10-14-3-1-2-6-19-14)9-11-7-12-4-5-13(8-11)17-12/h11-14,17H,1-10H2,(H,16,18). The lowest BCUT2D eigenvalue weighted by atomic mass is 9.89. The lowest BCUT2D eigenvalue weighted by molar-refractivity contribution is -0.123. The van der Waals surface area contributed by atoms with Crippen molar-refractivity contribution in [1.29, 1.82) is 0 Å². The normalized spacial score (nSPS) is 38.1. The van der Waals surface area contributed by atoms with E-state index in [0.717, 1.165) is 13.0 Å². The summed E-state index contributed by atoms with van der Waals surface area (Å²) in [7, 11) is 0. The number of hydrogen-bond acceptors (Lipinski definition) is 3. The molecule has 1 amide bonds. The fraction of sp³-hybridized carbons (Fsp3) is 0.933. The van der Waals surface area contributed by atoms with Gasteiger partial charge in [0.05, 0.1) is 6.10 Å². The summed E-state index contributed by atoms with van der Waals surface area (Å²) in [6.07, 6.45) is 9.44. The lowest BCUT2D eigenvalue weighted by Gasteiger charge is -2.29. The largest absolute Gasteiger partial charge is 0.376 e. The molecule has 3 saturated heterocycles. The van der Waals surface area contributed by atoms with Gasteiger partial charge in [-0.05, 0) is 50.9 Å². The molecule has 0 aromatic rings. The summed E-state index contributed by atoms with van der Waals surface area (Å²) in [5.41, 5.74) is 0. The van der Waals surface area contributed by atoms with Gasteiger partial charge in [-0.1, -0.05) is 0 Å². The highest BCUT2D eigenvalue weighted by Crippen LogP contribution is 2.32. The monoisotopic (exact) mass is 266 g/mol. The van der Waals surface area contributed by atoms with Crippen LogP contribution in [0.4, 0.5) is 0 Å². The van der Waals surface area contributed by atoms with Gasteiger partial charge in [-0.2, -0.15) is 0 Å². The van der Waals surface area contributed by atoms with Gasteiger partial charge in [0.1, 0.15) is 0 Å². The molecule has 2 bridgehead atoms. The van der Waals surface area contributed by atoms with Crippen LogP contribution in [0.2, 0.25) is 0 Å². The zero-order valence-electron chi connectivity index (χ0n) is 11.7. The Bertz CT molecular complexity index is 303. The maximum Gasteiger partial charge on any atom is 0.220 e. The number of hydrogen-bond donors (Lipinski definition) is 2. The average Bonchev–Trinajstić information content (AvgIpc) is 2.77. The van der Waals surface area contributed by atoms with Gasteiger partial charge in [0.25, 0.3) is 0 Å². The van der Waals surface area contributed by atoms with Gasteiger partial charge >= 0.3 is 0 Å². The average molecular weight is 266 g/mol. The van der Waals surface area contributed by atoms with Crippen LogP contribution in [0, 0.1) is 5.92 Å². The van der Waals surface area contributed by atoms with Crippen LogP contribution in [0.1, 0.15) is 51.4 Å². The van der Waals surface area contributed by atoms with Crippen LogP contribution < -0.4 is 10.6 Å². The maximum atomic E-state index is 12.0. The van der Waals surface area contributed by atoms with Crippen molar-refractivity contribution in [3.63, 3.8) is 0 Å². The van der Waals surface area contributed by atoms with Crippen molar-refractivity contribution >= 4 is 5.91 Å². The zero-order chi connectivity index (χ0) is 13.1. The number of ether oxygens (including phenoxy) is 1. The maximum absolute atomic E-state index is 12.0. The highest BCUT2D eigenvalue weighted by Gasteiger charge is 2.34. The van der Waals surface area contributed by atoms with Gasteiger partial charge in [0.2, 0.25) is 5.91 Å². The molecule has 108 valence electrons. The van der Waals surface area contributed by atoms with E-state index in [1.165, 1.54) is 38.5 Å². The Kier molecular flexibility index (Phi) is 4.38. The number of amides is 1. The third kappa shape index (κ3) is 3.69. The first-order valence-corrected chi connectivity index (χ1v) is 7.94. The molecule has 0 spiro atoms.